The molecule has 1 atom stereocenters. The predicted molar refractivity (Wildman–Crippen MR) is 119 cm³/mol. The summed E-state index contributed by atoms with van der Waals surface area (Å²) in [5.74, 6) is -0.00207. The third-order valence-electron chi connectivity index (χ3n) is 5.68. The van der Waals surface area contributed by atoms with Crippen molar-refractivity contribution < 1.29 is 4.79 Å². The number of allylic oxidation sites excluding steroid dienone is 1. The average Bonchev–Trinajstić information content (AvgIpc) is 3.22. The number of rotatable bonds is 6. The molecule has 5 heteroatoms. The molecule has 0 fully saturated rings. The van der Waals surface area contributed by atoms with Gasteiger partial charge in [-0.3, -0.25) is 4.79 Å². The molecule has 1 heterocycles. The molecule has 5 nitrogen and oxygen atoms in total. The zero-order chi connectivity index (χ0) is 20.9. The first kappa shape index (κ1) is 19.8. The first-order chi connectivity index (χ1) is 14.7. The van der Waals surface area contributed by atoms with Crippen molar-refractivity contribution in [3.63, 3.8) is 0 Å². The molecule has 1 aliphatic rings. The minimum absolute atomic E-state index is 0.00207. The van der Waals surface area contributed by atoms with E-state index in [1.165, 1.54) is 11.3 Å². The van der Waals surface area contributed by atoms with E-state index >= 15 is 0 Å². The summed E-state index contributed by atoms with van der Waals surface area (Å²) < 4.78 is 0. The number of aromatic nitrogens is 1. The molecule has 0 saturated heterocycles. The number of carbonyl (C=O) groups excluding carboxylic acids is 1. The van der Waals surface area contributed by atoms with Crippen molar-refractivity contribution in [2.45, 2.75) is 38.8 Å². The van der Waals surface area contributed by atoms with Crippen LogP contribution in [-0.2, 0) is 6.54 Å². The molecule has 2 N–H and O–H groups in total. The molecule has 0 radical (unpaired) electrons. The van der Waals surface area contributed by atoms with Crippen LogP contribution in [-0.4, -0.2) is 28.4 Å². The number of amides is 1. The molecule has 1 aromatic heterocycles. The van der Waals surface area contributed by atoms with Crippen molar-refractivity contribution in [1.29, 1.82) is 5.26 Å². The Morgan fingerprint density at radius 2 is 2.07 bits per heavy atom. The number of hydrogen-bond acceptors (Lipinski definition) is 3. The maximum atomic E-state index is 13.3. The van der Waals surface area contributed by atoms with E-state index in [1.807, 2.05) is 48.2 Å². The predicted octanol–water partition coefficient (Wildman–Crippen LogP) is 4.73. The van der Waals surface area contributed by atoms with E-state index in [9.17, 15) is 4.79 Å². The van der Waals surface area contributed by atoms with Crippen molar-refractivity contribution in [3.8, 4) is 6.07 Å². The van der Waals surface area contributed by atoms with Crippen LogP contribution >= 0.6 is 0 Å². The SMILES string of the molecule is CCN(C(=O)c1cc2cc(C#N)ccc2[nH]1)[C@@H]1C=C(NCc2ccccc2)CCC1. The van der Waals surface area contributed by atoms with Gasteiger partial charge >= 0.3 is 0 Å². The van der Waals surface area contributed by atoms with Gasteiger partial charge in [0, 0.05) is 29.7 Å². The van der Waals surface area contributed by atoms with Gasteiger partial charge in [0.1, 0.15) is 5.69 Å². The number of nitrogens with one attached hydrogen (secondary N) is 2. The highest BCUT2D eigenvalue weighted by atomic mass is 16.2. The van der Waals surface area contributed by atoms with Crippen molar-refractivity contribution >= 4 is 16.8 Å². The molecule has 1 amide bonds. The highest BCUT2D eigenvalue weighted by Crippen LogP contribution is 2.24. The Morgan fingerprint density at radius 3 is 2.83 bits per heavy atom. The van der Waals surface area contributed by atoms with E-state index < -0.39 is 0 Å². The van der Waals surface area contributed by atoms with Crippen LogP contribution in [0.25, 0.3) is 10.9 Å². The quantitative estimate of drug-likeness (QED) is 0.631. The fraction of sp³-hybridized carbons (Fsp3) is 0.280. The van der Waals surface area contributed by atoms with Gasteiger partial charge in [-0.05, 0) is 62.1 Å². The molecule has 3 aromatic rings. The standard InChI is InChI=1S/C25H26N4O/c1-2-29(25(30)24-14-20-13-19(16-26)11-12-23(20)28-24)22-10-6-9-21(15-22)27-17-18-7-4-3-5-8-18/h3-5,7-8,11-15,22,27-28H,2,6,9-10,17H2,1H3/t22-/m0/s1. The topological polar surface area (TPSA) is 71.9 Å². The highest BCUT2D eigenvalue weighted by molar-refractivity contribution is 5.98. The molecular weight excluding hydrogens is 372 g/mol. The highest BCUT2D eigenvalue weighted by Gasteiger charge is 2.25. The smallest absolute Gasteiger partial charge is 0.270 e. The molecule has 0 bridgehead atoms. The summed E-state index contributed by atoms with van der Waals surface area (Å²) in [5.41, 5.74) is 4.49. The van der Waals surface area contributed by atoms with Gasteiger partial charge in [0.15, 0.2) is 0 Å². The summed E-state index contributed by atoms with van der Waals surface area (Å²) in [5, 5.41) is 13.5. The minimum Gasteiger partial charge on any atom is -0.384 e. The number of H-pyrrole nitrogens is 1. The zero-order valence-electron chi connectivity index (χ0n) is 17.2. The third-order valence-corrected chi connectivity index (χ3v) is 5.68. The number of aromatic amines is 1. The van der Waals surface area contributed by atoms with E-state index in [1.54, 1.807) is 6.07 Å². The molecular formula is C25H26N4O. The minimum atomic E-state index is -0.00207. The Hall–Kier alpha value is -3.52. The Morgan fingerprint density at radius 1 is 1.23 bits per heavy atom. The summed E-state index contributed by atoms with van der Waals surface area (Å²) in [7, 11) is 0. The number of benzene rings is 2. The number of hydrogen-bond donors (Lipinski definition) is 2. The molecule has 0 aliphatic heterocycles. The number of fused-ring (bicyclic) bond motifs is 1. The molecule has 1 aliphatic carbocycles. The largest absolute Gasteiger partial charge is 0.384 e. The fourth-order valence-corrected chi connectivity index (χ4v) is 4.11. The van der Waals surface area contributed by atoms with Crippen molar-refractivity contribution in [2.75, 3.05) is 6.54 Å². The van der Waals surface area contributed by atoms with Gasteiger partial charge in [-0.2, -0.15) is 5.26 Å². The summed E-state index contributed by atoms with van der Waals surface area (Å²) in [6.07, 6.45) is 5.25. The Labute approximate surface area is 177 Å². The zero-order valence-corrected chi connectivity index (χ0v) is 17.2. The lowest BCUT2D eigenvalue weighted by Crippen LogP contribution is -2.41. The van der Waals surface area contributed by atoms with Crippen LogP contribution in [0.5, 0.6) is 0 Å². The van der Waals surface area contributed by atoms with Crippen LogP contribution in [0.3, 0.4) is 0 Å². The van der Waals surface area contributed by atoms with E-state index in [4.69, 9.17) is 5.26 Å². The van der Waals surface area contributed by atoms with Crippen LogP contribution in [0.4, 0.5) is 0 Å². The first-order valence-electron chi connectivity index (χ1n) is 10.5. The molecule has 0 spiro atoms. The van der Waals surface area contributed by atoms with Gasteiger partial charge in [-0.15, -0.1) is 0 Å². The van der Waals surface area contributed by atoms with E-state index in [0.29, 0.717) is 17.8 Å². The van der Waals surface area contributed by atoms with Crippen molar-refractivity contribution in [1.82, 2.24) is 15.2 Å². The monoisotopic (exact) mass is 398 g/mol. The molecule has 2 aromatic carbocycles. The summed E-state index contributed by atoms with van der Waals surface area (Å²) in [4.78, 5) is 18.4. The Bertz CT molecular complexity index is 1110. The van der Waals surface area contributed by atoms with Gasteiger partial charge in [0.05, 0.1) is 17.7 Å². The lowest BCUT2D eigenvalue weighted by atomic mass is 9.98. The first-order valence-corrected chi connectivity index (χ1v) is 10.5. The summed E-state index contributed by atoms with van der Waals surface area (Å²) >= 11 is 0. The summed E-state index contributed by atoms with van der Waals surface area (Å²) in [6, 6.07) is 19.9. The van der Waals surface area contributed by atoms with Crippen molar-refractivity contribution in [2.24, 2.45) is 0 Å². The van der Waals surface area contributed by atoms with Gasteiger partial charge < -0.3 is 15.2 Å². The lowest BCUT2D eigenvalue weighted by Gasteiger charge is -2.32. The number of nitriles is 1. The number of likely N-dealkylation sites (N-methyl/N-ethyl adjacent to an activating group) is 1. The Balaban J connectivity index is 1.50. The van der Waals surface area contributed by atoms with Crippen LogP contribution in [0, 0.1) is 11.3 Å². The maximum Gasteiger partial charge on any atom is 0.270 e. The lowest BCUT2D eigenvalue weighted by molar-refractivity contribution is 0.0706. The van der Waals surface area contributed by atoms with Crippen molar-refractivity contribution in [3.05, 3.63) is 83.2 Å². The second-order valence-corrected chi connectivity index (χ2v) is 7.68. The third kappa shape index (κ3) is 4.23. The molecule has 0 saturated carbocycles. The summed E-state index contributed by atoms with van der Waals surface area (Å²) in [6.45, 7) is 3.46. The molecule has 4 rings (SSSR count). The Kier molecular flexibility index (Phi) is 5.85. The normalized spacial score (nSPS) is 16.0. The van der Waals surface area contributed by atoms with Gasteiger partial charge in [0.2, 0.25) is 0 Å². The van der Waals surface area contributed by atoms with Crippen LogP contribution in [0.15, 0.2) is 66.4 Å². The molecule has 152 valence electrons. The second-order valence-electron chi connectivity index (χ2n) is 7.68. The average molecular weight is 399 g/mol. The van der Waals surface area contributed by atoms with E-state index in [-0.39, 0.29) is 11.9 Å². The number of nitrogens with zero attached hydrogens (tertiary/aromatic N) is 2. The van der Waals surface area contributed by atoms with E-state index in [2.05, 4.69) is 34.6 Å². The van der Waals surface area contributed by atoms with Crippen LogP contribution in [0.2, 0.25) is 0 Å². The number of carbonyl (C=O) groups is 1. The molecule has 30 heavy (non-hydrogen) atoms. The van der Waals surface area contributed by atoms with Crippen LogP contribution in [0.1, 0.15) is 47.8 Å². The molecule has 0 unspecified atom stereocenters. The van der Waals surface area contributed by atoms with Gasteiger partial charge in [0.25, 0.3) is 5.91 Å². The fourth-order valence-electron chi connectivity index (χ4n) is 4.11. The van der Waals surface area contributed by atoms with E-state index in [0.717, 1.165) is 36.7 Å². The van der Waals surface area contributed by atoms with Gasteiger partial charge in [-0.1, -0.05) is 30.3 Å². The second kappa shape index (κ2) is 8.87. The van der Waals surface area contributed by atoms with Gasteiger partial charge in [-0.25, -0.2) is 0 Å². The maximum absolute atomic E-state index is 13.3. The van der Waals surface area contributed by atoms with Crippen LogP contribution < -0.4 is 5.32 Å².